The number of oxime groups is 1. The summed E-state index contributed by atoms with van der Waals surface area (Å²) in [5, 5.41) is 39.4. The number of rotatable bonds is 6. The largest absolute Gasteiger partial charge is 0.435 e. The van der Waals surface area contributed by atoms with Gasteiger partial charge in [0.15, 0.2) is 0 Å². The lowest BCUT2D eigenvalue weighted by Crippen LogP contribution is -2.69. The molecule has 3 saturated carbocycles. The number of aliphatic hydroxyl groups is 3. The van der Waals surface area contributed by atoms with Crippen molar-refractivity contribution in [3.63, 3.8) is 0 Å². The molecule has 0 aromatic heterocycles. The normalized spacial score (nSPS) is 42.0. The van der Waals surface area contributed by atoms with Crippen molar-refractivity contribution < 1.29 is 29.7 Å². The van der Waals surface area contributed by atoms with Crippen LogP contribution in [0.2, 0.25) is 0 Å². The monoisotopic (exact) mass is 525 g/mol. The molecule has 5 rings (SSSR count). The van der Waals surface area contributed by atoms with Crippen LogP contribution in [0.5, 0.6) is 0 Å². The Morgan fingerprint density at radius 1 is 1.08 bits per heavy atom. The zero-order valence-corrected chi connectivity index (χ0v) is 22.9. The first-order valence-corrected chi connectivity index (χ1v) is 14.2. The maximum absolute atomic E-state index is 12.4. The quantitative estimate of drug-likeness (QED) is 0.277. The SMILES string of the molecule is C[C@H](C1=COC(=O)CC1)[C@@]1(C)CCC2[C@@H](CC[C@]3(O)C[C@@H](O)CC[C@]23/C=N/OCc2ccccc2)[C@]1(C)O. The first kappa shape index (κ1) is 27.4. The average molecular weight is 526 g/mol. The lowest BCUT2D eigenvalue weighted by Gasteiger charge is -2.66. The number of ether oxygens (including phenoxy) is 1. The minimum atomic E-state index is -1.10. The predicted molar refractivity (Wildman–Crippen MR) is 144 cm³/mol. The molecular formula is C31H43NO6. The predicted octanol–water partition coefficient (Wildman–Crippen LogP) is 4.89. The Hall–Kier alpha value is -2.22. The first-order chi connectivity index (χ1) is 18.0. The highest BCUT2D eigenvalue weighted by molar-refractivity contribution is 5.71. The second-order valence-electron chi connectivity index (χ2n) is 12.7. The van der Waals surface area contributed by atoms with Gasteiger partial charge in [-0.15, -0.1) is 0 Å². The van der Waals surface area contributed by atoms with E-state index in [2.05, 4.69) is 19.0 Å². The third kappa shape index (κ3) is 4.40. The molecule has 0 bridgehead atoms. The molecular weight excluding hydrogens is 482 g/mol. The number of allylic oxidation sites excluding steroid dienone is 1. The van der Waals surface area contributed by atoms with Crippen LogP contribution < -0.4 is 0 Å². The van der Waals surface area contributed by atoms with Crippen LogP contribution in [0.25, 0.3) is 0 Å². The summed E-state index contributed by atoms with van der Waals surface area (Å²) >= 11 is 0. The van der Waals surface area contributed by atoms with Crippen molar-refractivity contribution in [1.29, 1.82) is 0 Å². The summed E-state index contributed by atoms with van der Waals surface area (Å²) in [7, 11) is 0. The summed E-state index contributed by atoms with van der Waals surface area (Å²) in [6.45, 7) is 6.62. The fourth-order valence-corrected chi connectivity index (χ4v) is 8.39. The van der Waals surface area contributed by atoms with Crippen LogP contribution in [0.1, 0.15) is 84.1 Å². The molecule has 208 valence electrons. The molecule has 1 aliphatic heterocycles. The van der Waals surface area contributed by atoms with E-state index in [0.29, 0.717) is 51.6 Å². The topological polar surface area (TPSA) is 109 Å². The Balaban J connectivity index is 1.44. The van der Waals surface area contributed by atoms with Crippen LogP contribution in [0.3, 0.4) is 0 Å². The van der Waals surface area contributed by atoms with E-state index in [4.69, 9.17) is 9.57 Å². The van der Waals surface area contributed by atoms with Gasteiger partial charge in [0.2, 0.25) is 0 Å². The van der Waals surface area contributed by atoms with E-state index in [1.165, 1.54) is 0 Å². The number of carbonyl (C=O) groups excluding carboxylic acids is 1. The van der Waals surface area contributed by atoms with E-state index in [1.54, 1.807) is 6.26 Å². The van der Waals surface area contributed by atoms with Gasteiger partial charge in [-0.3, -0.25) is 4.79 Å². The third-order valence-electron chi connectivity index (χ3n) is 11.1. The molecule has 7 heteroatoms. The van der Waals surface area contributed by atoms with Gasteiger partial charge in [0.25, 0.3) is 0 Å². The zero-order chi connectivity index (χ0) is 27.2. The van der Waals surface area contributed by atoms with Gasteiger partial charge in [0, 0.05) is 23.7 Å². The molecule has 7 nitrogen and oxygen atoms in total. The number of benzene rings is 1. The molecule has 0 amide bonds. The van der Waals surface area contributed by atoms with Crippen molar-refractivity contribution in [2.45, 2.75) is 102 Å². The van der Waals surface area contributed by atoms with Gasteiger partial charge in [-0.05, 0) is 80.8 Å². The minimum absolute atomic E-state index is 0.00580. The summed E-state index contributed by atoms with van der Waals surface area (Å²) in [5.41, 5.74) is -1.12. The lowest BCUT2D eigenvalue weighted by atomic mass is 9.40. The summed E-state index contributed by atoms with van der Waals surface area (Å²) in [5.74, 6) is -0.208. The number of carbonyl (C=O) groups is 1. The Morgan fingerprint density at radius 2 is 1.82 bits per heavy atom. The number of hydrogen-bond donors (Lipinski definition) is 3. The number of esters is 1. The Morgan fingerprint density at radius 3 is 2.53 bits per heavy atom. The van der Waals surface area contributed by atoms with E-state index in [9.17, 15) is 20.1 Å². The highest BCUT2D eigenvalue weighted by Gasteiger charge is 2.68. The molecule has 0 radical (unpaired) electrons. The standard InChI is InChI=1S/C31H43NO6/c1-21(23-9-10-27(34)37-19-23)28(2)14-12-26-25(29(28,3)35)13-16-31(36)17-24(33)11-15-30(26,31)20-32-38-18-22-7-5-4-6-8-22/h4-8,19-21,24-26,33,35-36H,9-18H2,1-3H3/b32-20+/t21-,24+,25-,26?,28-,29+,30+,31+/m1/s1. The van der Waals surface area contributed by atoms with Gasteiger partial charge in [0.05, 0.1) is 29.8 Å². The van der Waals surface area contributed by atoms with Gasteiger partial charge < -0.3 is 24.9 Å². The fourth-order valence-electron chi connectivity index (χ4n) is 8.39. The van der Waals surface area contributed by atoms with Crippen LogP contribution in [0.4, 0.5) is 0 Å². The average Bonchev–Trinajstić information content (AvgIpc) is 2.89. The van der Waals surface area contributed by atoms with Gasteiger partial charge in [-0.1, -0.05) is 49.3 Å². The molecule has 38 heavy (non-hydrogen) atoms. The third-order valence-corrected chi connectivity index (χ3v) is 11.1. The molecule has 1 aromatic rings. The second kappa shape index (κ2) is 10.1. The number of aliphatic hydroxyl groups excluding tert-OH is 1. The van der Waals surface area contributed by atoms with E-state index >= 15 is 0 Å². The summed E-state index contributed by atoms with van der Waals surface area (Å²) in [6.07, 6.45) is 8.20. The Kier molecular flexibility index (Phi) is 7.25. The fraction of sp³-hybridized carbons (Fsp3) is 0.677. The van der Waals surface area contributed by atoms with E-state index in [0.717, 1.165) is 24.0 Å². The van der Waals surface area contributed by atoms with E-state index in [1.807, 2.05) is 43.5 Å². The van der Waals surface area contributed by atoms with Crippen LogP contribution in [0, 0.1) is 28.6 Å². The maximum atomic E-state index is 12.4. The molecule has 0 spiro atoms. The van der Waals surface area contributed by atoms with Crippen molar-refractivity contribution in [2.75, 3.05) is 0 Å². The summed E-state index contributed by atoms with van der Waals surface area (Å²) in [6, 6.07) is 9.86. The molecule has 3 fully saturated rings. The molecule has 3 N–H and O–H groups in total. The van der Waals surface area contributed by atoms with Crippen LogP contribution in [-0.4, -0.2) is 44.8 Å². The number of hydrogen-bond acceptors (Lipinski definition) is 7. The van der Waals surface area contributed by atoms with E-state index < -0.39 is 28.1 Å². The summed E-state index contributed by atoms with van der Waals surface area (Å²) in [4.78, 5) is 17.4. The van der Waals surface area contributed by atoms with Crippen LogP contribution >= 0.6 is 0 Å². The molecule has 3 aliphatic carbocycles. The van der Waals surface area contributed by atoms with Crippen molar-refractivity contribution in [3.8, 4) is 0 Å². The number of fused-ring (bicyclic) bond motifs is 3. The van der Waals surface area contributed by atoms with E-state index in [-0.39, 0.29) is 23.7 Å². The van der Waals surface area contributed by atoms with Crippen LogP contribution in [-0.2, 0) is 21.0 Å². The molecule has 1 heterocycles. The number of cyclic esters (lactones) is 1. The molecule has 0 saturated heterocycles. The van der Waals surface area contributed by atoms with Gasteiger partial charge in [-0.2, -0.15) is 0 Å². The maximum Gasteiger partial charge on any atom is 0.310 e. The van der Waals surface area contributed by atoms with Crippen molar-refractivity contribution >= 4 is 12.2 Å². The van der Waals surface area contributed by atoms with Crippen molar-refractivity contribution in [2.24, 2.45) is 33.7 Å². The van der Waals surface area contributed by atoms with Crippen molar-refractivity contribution in [3.05, 3.63) is 47.7 Å². The van der Waals surface area contributed by atoms with Gasteiger partial charge >= 0.3 is 5.97 Å². The zero-order valence-electron chi connectivity index (χ0n) is 22.9. The lowest BCUT2D eigenvalue weighted by molar-refractivity contribution is -0.243. The number of nitrogens with zero attached hydrogens (tertiary/aromatic N) is 1. The second-order valence-corrected chi connectivity index (χ2v) is 12.7. The molecule has 4 aliphatic rings. The van der Waals surface area contributed by atoms with Crippen LogP contribution in [0.15, 0.2) is 47.3 Å². The highest BCUT2D eigenvalue weighted by Crippen LogP contribution is 2.66. The smallest absolute Gasteiger partial charge is 0.310 e. The highest BCUT2D eigenvalue weighted by atomic mass is 16.6. The van der Waals surface area contributed by atoms with Crippen molar-refractivity contribution in [1.82, 2.24) is 0 Å². The Bertz CT molecular complexity index is 1090. The van der Waals surface area contributed by atoms with Gasteiger partial charge in [-0.25, -0.2) is 0 Å². The molecule has 1 aromatic carbocycles. The van der Waals surface area contributed by atoms with Gasteiger partial charge in [0.1, 0.15) is 6.61 Å². The summed E-state index contributed by atoms with van der Waals surface area (Å²) < 4.78 is 5.25. The minimum Gasteiger partial charge on any atom is -0.435 e. The first-order valence-electron chi connectivity index (χ1n) is 14.2. The molecule has 1 unspecified atom stereocenters. The molecule has 8 atom stereocenters. The Labute approximate surface area is 225 Å².